The van der Waals surface area contributed by atoms with Gasteiger partial charge in [-0.3, -0.25) is 10.1 Å². The van der Waals surface area contributed by atoms with Crippen molar-refractivity contribution in [3.05, 3.63) is 29.2 Å². The highest BCUT2D eigenvalue weighted by Crippen LogP contribution is 2.08. The fourth-order valence-corrected chi connectivity index (χ4v) is 1.62. The van der Waals surface area contributed by atoms with E-state index in [4.69, 9.17) is 5.73 Å². The maximum Gasteiger partial charge on any atom is 0.278 e. The Morgan fingerprint density at radius 2 is 1.85 bits per heavy atom. The van der Waals surface area contributed by atoms with Crippen LogP contribution in [0.15, 0.2) is 12.1 Å². The molecular weight excluding hydrogens is 258 g/mol. The van der Waals surface area contributed by atoms with Crippen molar-refractivity contribution < 1.29 is 4.79 Å². The first-order valence-corrected chi connectivity index (χ1v) is 6.27. The molecule has 0 bridgehead atoms. The van der Waals surface area contributed by atoms with Gasteiger partial charge in [-0.1, -0.05) is 13.8 Å². The van der Waals surface area contributed by atoms with Crippen LogP contribution in [0.5, 0.6) is 0 Å². The molecule has 0 fully saturated rings. The highest BCUT2D eigenvalue weighted by atomic mass is 16.2. The maximum absolute atomic E-state index is 11.9. The van der Waals surface area contributed by atoms with E-state index < -0.39 is 5.91 Å². The lowest BCUT2D eigenvalue weighted by molar-refractivity contribution is 0.102. The number of aryl methyl sites for hydroxylation is 2. The van der Waals surface area contributed by atoms with E-state index in [-0.39, 0.29) is 17.5 Å². The van der Waals surface area contributed by atoms with Gasteiger partial charge in [-0.2, -0.15) is 0 Å². The summed E-state index contributed by atoms with van der Waals surface area (Å²) in [6, 6.07) is 2.98. The Hall–Kier alpha value is -2.64. The van der Waals surface area contributed by atoms with Crippen LogP contribution in [0.1, 0.15) is 35.7 Å². The average Bonchev–Trinajstić information content (AvgIpc) is 2.47. The summed E-state index contributed by atoms with van der Waals surface area (Å²) in [6.07, 6.45) is 1.48. The predicted molar refractivity (Wildman–Crippen MR) is 73.0 cm³/mol. The van der Waals surface area contributed by atoms with Gasteiger partial charge in [0.05, 0.1) is 11.4 Å². The molecular formula is C12H15N7O. The van der Waals surface area contributed by atoms with E-state index in [1.54, 1.807) is 0 Å². The van der Waals surface area contributed by atoms with Crippen molar-refractivity contribution in [1.82, 2.24) is 25.4 Å². The number of carbonyl (C=O) groups is 1. The fraction of sp³-hybridized carbons (Fsp3) is 0.333. The van der Waals surface area contributed by atoms with Gasteiger partial charge in [-0.15, -0.1) is 20.4 Å². The highest BCUT2D eigenvalue weighted by Gasteiger charge is 2.12. The summed E-state index contributed by atoms with van der Waals surface area (Å²) < 4.78 is 0. The van der Waals surface area contributed by atoms with Gasteiger partial charge in [0.25, 0.3) is 5.91 Å². The zero-order valence-electron chi connectivity index (χ0n) is 11.3. The third kappa shape index (κ3) is 3.02. The monoisotopic (exact) mass is 273 g/mol. The Balaban J connectivity index is 2.17. The van der Waals surface area contributed by atoms with Gasteiger partial charge in [0.1, 0.15) is 5.82 Å². The van der Waals surface area contributed by atoms with Crippen LogP contribution in [0.3, 0.4) is 0 Å². The standard InChI is InChI=1S/C12H15N7O/c1-3-7-8(4-2)16-19-12(14-7)15-11(20)9-5-6-10(13)18-17-9/h5-6H,3-4H2,1-2H3,(H2,13,18)(H,14,15,19,20). The van der Waals surface area contributed by atoms with Crippen LogP contribution in [-0.2, 0) is 12.8 Å². The number of hydrogen-bond donors (Lipinski definition) is 2. The molecule has 0 atom stereocenters. The first-order valence-electron chi connectivity index (χ1n) is 6.27. The zero-order valence-corrected chi connectivity index (χ0v) is 11.3. The molecule has 1 amide bonds. The van der Waals surface area contributed by atoms with E-state index in [1.807, 2.05) is 13.8 Å². The Labute approximate surface area is 115 Å². The van der Waals surface area contributed by atoms with Crippen LogP contribution < -0.4 is 11.1 Å². The molecule has 2 aromatic heterocycles. The minimum absolute atomic E-state index is 0.139. The highest BCUT2D eigenvalue weighted by molar-refractivity contribution is 6.01. The number of rotatable bonds is 4. The summed E-state index contributed by atoms with van der Waals surface area (Å²) in [4.78, 5) is 16.2. The number of nitrogen functional groups attached to an aromatic ring is 1. The molecule has 104 valence electrons. The molecule has 2 aromatic rings. The predicted octanol–water partition coefficient (Wildman–Crippen LogP) is 0.621. The van der Waals surface area contributed by atoms with E-state index in [9.17, 15) is 4.79 Å². The number of aromatic nitrogens is 5. The first-order chi connectivity index (χ1) is 9.63. The summed E-state index contributed by atoms with van der Waals surface area (Å²) in [6.45, 7) is 3.95. The van der Waals surface area contributed by atoms with Crippen LogP contribution in [0.4, 0.5) is 11.8 Å². The number of carbonyl (C=O) groups excluding carboxylic acids is 1. The number of anilines is 2. The van der Waals surface area contributed by atoms with Gasteiger partial charge < -0.3 is 5.73 Å². The molecule has 0 aliphatic carbocycles. The van der Waals surface area contributed by atoms with Crippen LogP contribution in [0, 0.1) is 0 Å². The lowest BCUT2D eigenvalue weighted by atomic mass is 10.2. The summed E-state index contributed by atoms with van der Waals surface area (Å²) in [7, 11) is 0. The molecule has 0 radical (unpaired) electrons. The molecule has 0 unspecified atom stereocenters. The molecule has 0 aromatic carbocycles. The number of hydrogen-bond acceptors (Lipinski definition) is 7. The maximum atomic E-state index is 11.9. The molecule has 0 aliphatic rings. The normalized spacial score (nSPS) is 10.3. The number of nitrogens with two attached hydrogens (primary N) is 1. The summed E-state index contributed by atoms with van der Waals surface area (Å²) >= 11 is 0. The minimum atomic E-state index is -0.453. The second-order valence-corrected chi connectivity index (χ2v) is 4.03. The average molecular weight is 273 g/mol. The van der Waals surface area contributed by atoms with Crippen LogP contribution in [0.25, 0.3) is 0 Å². The van der Waals surface area contributed by atoms with Crippen molar-refractivity contribution in [2.24, 2.45) is 0 Å². The van der Waals surface area contributed by atoms with Crippen LogP contribution in [0.2, 0.25) is 0 Å². The van der Waals surface area contributed by atoms with Gasteiger partial charge in [-0.25, -0.2) is 4.98 Å². The molecule has 8 heteroatoms. The number of amides is 1. The molecule has 8 nitrogen and oxygen atoms in total. The Kier molecular flexibility index (Phi) is 4.14. The topological polar surface area (TPSA) is 120 Å². The molecule has 2 heterocycles. The van der Waals surface area contributed by atoms with Crippen molar-refractivity contribution in [3.8, 4) is 0 Å². The van der Waals surface area contributed by atoms with Gasteiger partial charge >= 0.3 is 0 Å². The van der Waals surface area contributed by atoms with Crippen molar-refractivity contribution in [2.75, 3.05) is 11.1 Å². The summed E-state index contributed by atoms with van der Waals surface area (Å²) in [5.74, 6) is -0.0479. The molecule has 0 spiro atoms. The van der Waals surface area contributed by atoms with E-state index >= 15 is 0 Å². The molecule has 0 saturated heterocycles. The van der Waals surface area contributed by atoms with Crippen molar-refractivity contribution in [1.29, 1.82) is 0 Å². The van der Waals surface area contributed by atoms with Crippen molar-refractivity contribution in [3.63, 3.8) is 0 Å². The van der Waals surface area contributed by atoms with Crippen molar-refractivity contribution in [2.45, 2.75) is 26.7 Å². The lowest BCUT2D eigenvalue weighted by Gasteiger charge is -2.06. The zero-order chi connectivity index (χ0) is 14.5. The van der Waals surface area contributed by atoms with E-state index in [2.05, 4.69) is 30.7 Å². The summed E-state index contributed by atoms with van der Waals surface area (Å²) in [5, 5.41) is 17.8. The van der Waals surface area contributed by atoms with Crippen LogP contribution in [-0.4, -0.2) is 31.3 Å². The molecule has 0 aliphatic heterocycles. The second-order valence-electron chi connectivity index (χ2n) is 4.03. The van der Waals surface area contributed by atoms with E-state index in [0.29, 0.717) is 0 Å². The Morgan fingerprint density at radius 1 is 1.10 bits per heavy atom. The van der Waals surface area contributed by atoms with Gasteiger partial charge in [0.15, 0.2) is 5.69 Å². The summed E-state index contributed by atoms with van der Waals surface area (Å²) in [5.41, 5.74) is 7.20. The quantitative estimate of drug-likeness (QED) is 0.837. The first kappa shape index (κ1) is 13.8. The third-order valence-corrected chi connectivity index (χ3v) is 2.65. The van der Waals surface area contributed by atoms with Gasteiger partial charge in [0.2, 0.25) is 5.95 Å². The largest absolute Gasteiger partial charge is 0.382 e. The smallest absolute Gasteiger partial charge is 0.278 e. The van der Waals surface area contributed by atoms with E-state index in [1.165, 1.54) is 12.1 Å². The number of nitrogens with zero attached hydrogens (tertiary/aromatic N) is 5. The SMILES string of the molecule is CCc1nnc(NC(=O)c2ccc(N)nn2)nc1CC. The lowest BCUT2D eigenvalue weighted by Crippen LogP contribution is -2.18. The molecule has 3 N–H and O–H groups in total. The van der Waals surface area contributed by atoms with Crippen molar-refractivity contribution >= 4 is 17.7 Å². The molecule has 0 saturated carbocycles. The third-order valence-electron chi connectivity index (χ3n) is 2.65. The van der Waals surface area contributed by atoms with E-state index in [0.717, 1.165) is 24.2 Å². The number of nitrogens with one attached hydrogen (secondary N) is 1. The Bertz CT molecular complexity index is 612. The molecule has 2 rings (SSSR count). The minimum Gasteiger partial charge on any atom is -0.382 e. The Morgan fingerprint density at radius 3 is 2.45 bits per heavy atom. The molecule has 20 heavy (non-hydrogen) atoms. The second kappa shape index (κ2) is 6.00. The fourth-order valence-electron chi connectivity index (χ4n) is 1.62. The van der Waals surface area contributed by atoms with Gasteiger partial charge in [-0.05, 0) is 25.0 Å². The van der Waals surface area contributed by atoms with Gasteiger partial charge in [0, 0.05) is 0 Å². The van der Waals surface area contributed by atoms with Crippen LogP contribution >= 0.6 is 0 Å².